The summed E-state index contributed by atoms with van der Waals surface area (Å²) in [5.74, 6) is 0.535. The van der Waals surface area contributed by atoms with Crippen molar-refractivity contribution in [1.29, 1.82) is 5.26 Å². The molecular formula is C8H12N2S. The Morgan fingerprint density at radius 1 is 1.73 bits per heavy atom. The molecule has 0 saturated heterocycles. The summed E-state index contributed by atoms with van der Waals surface area (Å²) in [6.45, 7) is 4.15. The molecule has 2 N–H and O–H groups in total. The van der Waals surface area contributed by atoms with Gasteiger partial charge in [0.25, 0.3) is 0 Å². The van der Waals surface area contributed by atoms with Gasteiger partial charge in [-0.05, 0) is 12.3 Å². The number of nitrogens with zero attached hydrogens (tertiary/aromatic N) is 1. The van der Waals surface area contributed by atoms with Crippen molar-refractivity contribution in [2.75, 3.05) is 0 Å². The molecule has 0 fully saturated rings. The number of nitrogens with two attached hydrogens (primary N) is 1. The zero-order valence-electron chi connectivity index (χ0n) is 6.79. The molecule has 0 amide bonds. The summed E-state index contributed by atoms with van der Waals surface area (Å²) in [7, 11) is 0. The van der Waals surface area contributed by atoms with E-state index in [2.05, 4.69) is 26.1 Å². The average Bonchev–Trinajstić information content (AvgIpc) is 1.87. The maximum atomic E-state index is 8.52. The summed E-state index contributed by atoms with van der Waals surface area (Å²) >= 11 is 4.66. The third-order valence-electron chi connectivity index (χ3n) is 1.18. The van der Waals surface area contributed by atoms with Gasteiger partial charge in [0.1, 0.15) is 11.1 Å². The maximum Gasteiger partial charge on any atom is 0.114 e. The van der Waals surface area contributed by atoms with E-state index in [4.69, 9.17) is 11.0 Å². The predicted molar refractivity (Wildman–Crippen MR) is 49.9 cm³/mol. The normalized spacial score (nSPS) is 11.3. The van der Waals surface area contributed by atoms with Crippen molar-refractivity contribution in [2.45, 2.75) is 20.3 Å². The Hall–Kier alpha value is -0.880. The number of thiocarbonyl (C=S) groups is 1. The largest absolute Gasteiger partial charge is 0.389 e. The summed E-state index contributed by atoms with van der Waals surface area (Å²) in [4.78, 5) is 0.188. The minimum Gasteiger partial charge on any atom is -0.389 e. The highest BCUT2D eigenvalue weighted by atomic mass is 32.1. The lowest BCUT2D eigenvalue weighted by Crippen LogP contribution is -2.10. The minimum absolute atomic E-state index is 0.188. The molecule has 0 spiro atoms. The van der Waals surface area contributed by atoms with Crippen molar-refractivity contribution >= 4 is 17.2 Å². The van der Waals surface area contributed by atoms with E-state index in [1.165, 1.54) is 0 Å². The Morgan fingerprint density at radius 3 is 2.55 bits per heavy atom. The molecule has 0 unspecified atom stereocenters. The lowest BCUT2D eigenvalue weighted by Gasteiger charge is -1.98. The van der Waals surface area contributed by atoms with Crippen LogP contribution in [0.3, 0.4) is 0 Å². The van der Waals surface area contributed by atoms with Crippen LogP contribution in [0.2, 0.25) is 0 Å². The number of hydrogen-bond acceptors (Lipinski definition) is 2. The van der Waals surface area contributed by atoms with Gasteiger partial charge in [-0.15, -0.1) is 0 Å². The van der Waals surface area contributed by atoms with Gasteiger partial charge < -0.3 is 5.73 Å². The molecule has 0 bridgehead atoms. The molecule has 0 aromatic heterocycles. The first-order valence-corrected chi connectivity index (χ1v) is 3.88. The van der Waals surface area contributed by atoms with E-state index in [9.17, 15) is 0 Å². The van der Waals surface area contributed by atoms with Crippen molar-refractivity contribution < 1.29 is 0 Å². The summed E-state index contributed by atoms with van der Waals surface area (Å²) in [5.41, 5.74) is 5.70. The number of hydrogen-bond donors (Lipinski definition) is 1. The molecule has 0 saturated carbocycles. The second-order valence-corrected chi connectivity index (χ2v) is 3.16. The van der Waals surface area contributed by atoms with Gasteiger partial charge in [0.05, 0.1) is 5.57 Å². The first-order valence-electron chi connectivity index (χ1n) is 3.48. The van der Waals surface area contributed by atoms with Gasteiger partial charge in [0.15, 0.2) is 0 Å². The van der Waals surface area contributed by atoms with Gasteiger partial charge >= 0.3 is 0 Å². The van der Waals surface area contributed by atoms with Crippen LogP contribution in [-0.4, -0.2) is 4.99 Å². The molecule has 11 heavy (non-hydrogen) atoms. The predicted octanol–water partition coefficient (Wildman–Crippen LogP) is 1.77. The van der Waals surface area contributed by atoms with Gasteiger partial charge in [-0.1, -0.05) is 32.1 Å². The highest BCUT2D eigenvalue weighted by Crippen LogP contribution is 2.03. The Balaban J connectivity index is 4.17. The molecule has 2 nitrogen and oxygen atoms in total. The van der Waals surface area contributed by atoms with E-state index in [0.29, 0.717) is 11.5 Å². The fourth-order valence-electron chi connectivity index (χ4n) is 0.555. The first-order chi connectivity index (χ1) is 5.07. The first kappa shape index (κ1) is 10.1. The van der Waals surface area contributed by atoms with Crippen LogP contribution in [0.25, 0.3) is 0 Å². The third-order valence-corrected chi connectivity index (χ3v) is 1.40. The SMILES string of the molecule is CC(C)C/C=C(\C#N)C(N)=S. The lowest BCUT2D eigenvalue weighted by atomic mass is 10.1. The van der Waals surface area contributed by atoms with Crippen LogP contribution in [0, 0.1) is 17.2 Å². The van der Waals surface area contributed by atoms with Crippen LogP contribution in [0.4, 0.5) is 0 Å². The molecule has 0 heterocycles. The standard InChI is InChI=1S/C8H12N2S/c1-6(2)3-4-7(5-9)8(10)11/h4,6H,3H2,1-2H3,(H2,10,11)/b7-4+. The molecule has 0 aliphatic heterocycles. The lowest BCUT2D eigenvalue weighted by molar-refractivity contribution is 0.663. The van der Waals surface area contributed by atoms with Crippen LogP contribution in [0.5, 0.6) is 0 Å². The fraction of sp³-hybridized carbons (Fsp3) is 0.500. The van der Waals surface area contributed by atoms with Gasteiger partial charge in [-0.2, -0.15) is 5.26 Å². The van der Waals surface area contributed by atoms with Crippen LogP contribution in [-0.2, 0) is 0 Å². The van der Waals surface area contributed by atoms with Crippen LogP contribution < -0.4 is 5.73 Å². The number of nitriles is 1. The zero-order valence-corrected chi connectivity index (χ0v) is 7.61. The zero-order chi connectivity index (χ0) is 8.85. The van der Waals surface area contributed by atoms with E-state index in [1.54, 1.807) is 6.08 Å². The number of allylic oxidation sites excluding steroid dienone is 1. The topological polar surface area (TPSA) is 49.8 Å². The van der Waals surface area contributed by atoms with E-state index in [-0.39, 0.29) is 4.99 Å². The molecule has 0 aliphatic rings. The smallest absolute Gasteiger partial charge is 0.114 e. The third kappa shape index (κ3) is 4.51. The Morgan fingerprint density at radius 2 is 2.27 bits per heavy atom. The van der Waals surface area contributed by atoms with Crippen molar-refractivity contribution in [3.05, 3.63) is 11.6 Å². The summed E-state index contributed by atoms with van der Waals surface area (Å²) < 4.78 is 0. The molecule has 0 rings (SSSR count). The summed E-state index contributed by atoms with van der Waals surface area (Å²) in [6, 6.07) is 1.95. The summed E-state index contributed by atoms with van der Waals surface area (Å²) in [5, 5.41) is 8.52. The molecule has 0 aromatic carbocycles. The van der Waals surface area contributed by atoms with Gasteiger partial charge in [0, 0.05) is 0 Å². The van der Waals surface area contributed by atoms with Crippen molar-refractivity contribution in [1.82, 2.24) is 0 Å². The molecule has 0 radical (unpaired) electrons. The molecule has 0 atom stereocenters. The molecule has 60 valence electrons. The Bertz CT molecular complexity index is 211. The van der Waals surface area contributed by atoms with Crippen molar-refractivity contribution in [2.24, 2.45) is 11.7 Å². The minimum atomic E-state index is 0.188. The highest BCUT2D eigenvalue weighted by molar-refractivity contribution is 7.80. The van der Waals surface area contributed by atoms with Gasteiger partial charge in [-0.25, -0.2) is 0 Å². The van der Waals surface area contributed by atoms with Crippen molar-refractivity contribution in [3.63, 3.8) is 0 Å². The maximum absolute atomic E-state index is 8.52. The van der Waals surface area contributed by atoms with E-state index in [1.807, 2.05) is 6.07 Å². The highest BCUT2D eigenvalue weighted by Gasteiger charge is 1.98. The second-order valence-electron chi connectivity index (χ2n) is 2.72. The number of rotatable bonds is 3. The molecule has 0 aromatic rings. The molecule has 0 aliphatic carbocycles. The summed E-state index contributed by atoms with van der Waals surface area (Å²) in [6.07, 6.45) is 2.63. The monoisotopic (exact) mass is 168 g/mol. The average molecular weight is 168 g/mol. The van der Waals surface area contributed by atoms with Crippen LogP contribution >= 0.6 is 12.2 Å². The van der Waals surface area contributed by atoms with E-state index >= 15 is 0 Å². The quantitative estimate of drug-likeness (QED) is 0.397. The van der Waals surface area contributed by atoms with Crippen LogP contribution in [0.15, 0.2) is 11.6 Å². The Labute approximate surface area is 72.7 Å². The molecular weight excluding hydrogens is 156 g/mol. The van der Waals surface area contributed by atoms with E-state index in [0.717, 1.165) is 6.42 Å². The fourth-order valence-corrected chi connectivity index (χ4v) is 0.684. The second kappa shape index (κ2) is 4.86. The van der Waals surface area contributed by atoms with E-state index < -0.39 is 0 Å². The Kier molecular flexibility index (Phi) is 4.47. The van der Waals surface area contributed by atoms with Crippen molar-refractivity contribution in [3.8, 4) is 6.07 Å². The van der Waals surface area contributed by atoms with Gasteiger partial charge in [-0.3, -0.25) is 0 Å². The molecule has 3 heteroatoms. The van der Waals surface area contributed by atoms with Gasteiger partial charge in [0.2, 0.25) is 0 Å². The van der Waals surface area contributed by atoms with Crippen LogP contribution in [0.1, 0.15) is 20.3 Å².